The van der Waals surface area contributed by atoms with Gasteiger partial charge in [-0.05, 0) is 49.4 Å². The summed E-state index contributed by atoms with van der Waals surface area (Å²) in [6.45, 7) is 14.0. The number of hydrogen-bond donors (Lipinski definition) is 3. The van der Waals surface area contributed by atoms with Crippen molar-refractivity contribution < 1.29 is 80.2 Å². The maximum atomic E-state index is 13.0. The molecule has 0 heterocycles. The van der Waals surface area contributed by atoms with Crippen molar-refractivity contribution in [2.75, 3.05) is 39.6 Å². The fourth-order valence-electron chi connectivity index (χ4n) is 9.89. The first kappa shape index (κ1) is 84.1. The lowest BCUT2D eigenvalue weighted by Crippen LogP contribution is -2.30. The summed E-state index contributed by atoms with van der Waals surface area (Å²) in [5.41, 5.74) is 0. The first-order valence-electron chi connectivity index (χ1n) is 34.8. The van der Waals surface area contributed by atoms with E-state index in [2.05, 4.69) is 55.4 Å². The number of phosphoric acid groups is 2. The summed E-state index contributed by atoms with van der Waals surface area (Å²) in [6, 6.07) is 0. The van der Waals surface area contributed by atoms with Gasteiger partial charge < -0.3 is 33.8 Å². The van der Waals surface area contributed by atoms with Crippen LogP contribution < -0.4 is 0 Å². The Balaban J connectivity index is 5.26. The molecule has 0 aliphatic carbocycles. The first-order chi connectivity index (χ1) is 41.2. The fraction of sp³-hybridized carbons (Fsp3) is 0.940. The quantitative estimate of drug-likeness (QED) is 0.0222. The highest BCUT2D eigenvalue weighted by Gasteiger charge is 2.30. The van der Waals surface area contributed by atoms with E-state index in [0.717, 1.165) is 114 Å². The number of carbonyl (C=O) groups excluding carboxylic acids is 4. The molecular weight excluding hydrogens is 1140 g/mol. The molecule has 0 aromatic carbocycles. The molecule has 4 unspecified atom stereocenters. The van der Waals surface area contributed by atoms with Gasteiger partial charge in [0.1, 0.15) is 19.3 Å². The second-order valence-corrected chi connectivity index (χ2v) is 28.6. The van der Waals surface area contributed by atoms with E-state index >= 15 is 0 Å². The number of phosphoric ester groups is 2. The van der Waals surface area contributed by atoms with Crippen LogP contribution in [-0.2, 0) is 65.4 Å². The normalized spacial score (nSPS) is 15.0. The van der Waals surface area contributed by atoms with E-state index in [1.165, 1.54) is 122 Å². The summed E-state index contributed by atoms with van der Waals surface area (Å²) in [7, 11) is -9.90. The Bertz CT molecular complexity index is 1720. The highest BCUT2D eigenvalue weighted by atomic mass is 31.2. The van der Waals surface area contributed by atoms with Crippen LogP contribution in [0, 0.1) is 23.7 Å². The third-order valence-electron chi connectivity index (χ3n) is 16.0. The highest BCUT2D eigenvalue weighted by Crippen LogP contribution is 2.45. The van der Waals surface area contributed by atoms with Gasteiger partial charge in [-0.1, -0.05) is 274 Å². The van der Waals surface area contributed by atoms with Crippen molar-refractivity contribution in [2.45, 2.75) is 343 Å². The second kappa shape index (κ2) is 57.0. The average molecular weight is 1270 g/mol. The van der Waals surface area contributed by atoms with E-state index in [1.54, 1.807) is 0 Å². The molecule has 0 fully saturated rings. The molecule has 86 heavy (non-hydrogen) atoms. The lowest BCUT2D eigenvalue weighted by Gasteiger charge is -2.21. The monoisotopic (exact) mass is 1270 g/mol. The van der Waals surface area contributed by atoms with Crippen molar-refractivity contribution in [1.82, 2.24) is 0 Å². The molecule has 19 heteroatoms. The predicted octanol–water partition coefficient (Wildman–Crippen LogP) is 18.5. The lowest BCUT2D eigenvalue weighted by molar-refractivity contribution is -0.161. The van der Waals surface area contributed by atoms with Crippen LogP contribution in [-0.4, -0.2) is 96.7 Å². The minimum atomic E-state index is -4.95. The Morgan fingerprint density at radius 1 is 0.326 bits per heavy atom. The van der Waals surface area contributed by atoms with Crippen LogP contribution in [0.4, 0.5) is 0 Å². The summed E-state index contributed by atoms with van der Waals surface area (Å²) < 4.78 is 68.1. The van der Waals surface area contributed by atoms with Gasteiger partial charge in [-0.2, -0.15) is 0 Å². The topological polar surface area (TPSA) is 237 Å². The smallest absolute Gasteiger partial charge is 0.462 e. The molecule has 0 rings (SSSR count). The van der Waals surface area contributed by atoms with Crippen molar-refractivity contribution >= 4 is 39.5 Å². The molecule has 0 spiro atoms. The minimum Gasteiger partial charge on any atom is -0.462 e. The number of rotatable bonds is 64. The zero-order valence-electron chi connectivity index (χ0n) is 55.9. The molecule has 3 N–H and O–H groups in total. The number of esters is 4. The summed E-state index contributed by atoms with van der Waals surface area (Å²) in [5, 5.41) is 10.6. The van der Waals surface area contributed by atoms with Gasteiger partial charge in [-0.15, -0.1) is 0 Å². The molecule has 0 saturated heterocycles. The van der Waals surface area contributed by atoms with Crippen molar-refractivity contribution in [1.29, 1.82) is 0 Å². The second-order valence-electron chi connectivity index (χ2n) is 25.6. The van der Waals surface area contributed by atoms with E-state index in [4.69, 9.17) is 37.0 Å². The maximum absolute atomic E-state index is 13.0. The van der Waals surface area contributed by atoms with E-state index in [-0.39, 0.29) is 25.7 Å². The lowest BCUT2D eigenvalue weighted by atomic mass is 9.99. The van der Waals surface area contributed by atoms with Crippen molar-refractivity contribution in [3.05, 3.63) is 0 Å². The zero-order valence-corrected chi connectivity index (χ0v) is 57.7. The number of ether oxygens (including phenoxy) is 4. The molecule has 0 aromatic heterocycles. The summed E-state index contributed by atoms with van der Waals surface area (Å²) in [6.07, 6.45) is 37.6. The molecule has 7 atom stereocenters. The number of aliphatic hydroxyl groups is 1. The van der Waals surface area contributed by atoms with Crippen LogP contribution >= 0.6 is 15.6 Å². The Kier molecular flexibility index (Phi) is 55.7. The Morgan fingerprint density at radius 3 is 0.826 bits per heavy atom. The summed E-state index contributed by atoms with van der Waals surface area (Å²) >= 11 is 0. The van der Waals surface area contributed by atoms with Gasteiger partial charge in [0.25, 0.3) is 0 Å². The van der Waals surface area contributed by atoms with Crippen LogP contribution in [0.3, 0.4) is 0 Å². The third-order valence-corrected chi connectivity index (χ3v) is 17.9. The van der Waals surface area contributed by atoms with E-state index in [0.29, 0.717) is 31.6 Å². The van der Waals surface area contributed by atoms with Crippen LogP contribution in [0.25, 0.3) is 0 Å². The largest absolute Gasteiger partial charge is 0.472 e. The van der Waals surface area contributed by atoms with Gasteiger partial charge in [0.15, 0.2) is 12.2 Å². The Hall–Kier alpha value is -1.94. The first-order valence-corrected chi connectivity index (χ1v) is 37.8. The van der Waals surface area contributed by atoms with Crippen LogP contribution in [0.2, 0.25) is 0 Å². The SMILES string of the molecule is CCC(C)CCCCCCCCCCCCC(=O)O[C@H](COC(=O)CCCCCCCCC(C)C)COP(=O)(O)OC[C@H](O)COP(=O)(O)OC[C@@H](COC(=O)CCCCCCCCCCC(C)CC)OC(=O)CCCCCCCCCCC(C)C. The maximum Gasteiger partial charge on any atom is 0.472 e. The molecular formula is C67H130O17P2. The van der Waals surface area contributed by atoms with Gasteiger partial charge in [0, 0.05) is 25.7 Å². The molecule has 0 saturated carbocycles. The molecule has 17 nitrogen and oxygen atoms in total. The van der Waals surface area contributed by atoms with Gasteiger partial charge in [-0.25, -0.2) is 9.13 Å². The fourth-order valence-corrected chi connectivity index (χ4v) is 11.5. The molecule has 510 valence electrons. The van der Waals surface area contributed by atoms with E-state index < -0.39 is 97.5 Å². The molecule has 0 aromatic rings. The van der Waals surface area contributed by atoms with Crippen LogP contribution in [0.15, 0.2) is 0 Å². The van der Waals surface area contributed by atoms with E-state index in [1.807, 2.05) is 0 Å². The van der Waals surface area contributed by atoms with Crippen molar-refractivity contribution in [2.24, 2.45) is 23.7 Å². The van der Waals surface area contributed by atoms with E-state index in [9.17, 15) is 43.2 Å². The third kappa shape index (κ3) is 58.4. The summed E-state index contributed by atoms with van der Waals surface area (Å²) in [4.78, 5) is 72.4. The van der Waals surface area contributed by atoms with Gasteiger partial charge in [0.2, 0.25) is 0 Å². The number of unbranched alkanes of at least 4 members (excludes halogenated alkanes) is 28. The van der Waals surface area contributed by atoms with Crippen LogP contribution in [0.5, 0.6) is 0 Å². The van der Waals surface area contributed by atoms with Crippen LogP contribution in [0.1, 0.15) is 325 Å². The standard InChI is InChI=1S/C67H130O17P2/c1-9-59(7)45-37-29-20-13-11-12-14-23-33-41-49-66(71)83-63(54-78-65(70)48-40-32-26-25-28-36-44-58(5)6)56-82-86(75,76)80-52-61(68)51-79-85(73,74)81-55-62(84-67(72)50-42-34-24-17-15-19-27-35-43-57(3)4)53-77-64(69)47-39-31-22-18-16-21-30-38-46-60(8)10-2/h57-63,68H,9-56H2,1-8H3,(H,73,74)(H,75,76)/t59?,60?,61-,62-,63-/m1/s1. The highest BCUT2D eigenvalue weighted by molar-refractivity contribution is 7.47. The van der Waals surface area contributed by atoms with Gasteiger partial charge in [-0.3, -0.25) is 37.3 Å². The predicted molar refractivity (Wildman–Crippen MR) is 344 cm³/mol. The minimum absolute atomic E-state index is 0.103. The molecule has 0 aliphatic heterocycles. The average Bonchev–Trinajstić information content (AvgIpc) is 3.47. The Labute approximate surface area is 524 Å². The van der Waals surface area contributed by atoms with Crippen molar-refractivity contribution in [3.63, 3.8) is 0 Å². The molecule has 0 radical (unpaired) electrons. The molecule has 0 aliphatic rings. The summed E-state index contributed by atoms with van der Waals surface area (Å²) in [5.74, 6) is 0.841. The zero-order chi connectivity index (χ0) is 63.9. The molecule has 0 bridgehead atoms. The molecule has 0 amide bonds. The van der Waals surface area contributed by atoms with Gasteiger partial charge in [0.05, 0.1) is 26.4 Å². The van der Waals surface area contributed by atoms with Crippen molar-refractivity contribution in [3.8, 4) is 0 Å². The number of aliphatic hydroxyl groups excluding tert-OH is 1. The number of carbonyl (C=O) groups is 4. The number of hydrogen-bond acceptors (Lipinski definition) is 15. The van der Waals surface area contributed by atoms with Gasteiger partial charge >= 0.3 is 39.5 Å². The Morgan fingerprint density at radius 2 is 0.558 bits per heavy atom.